The van der Waals surface area contributed by atoms with E-state index in [4.69, 9.17) is 19.1 Å². The van der Waals surface area contributed by atoms with Crippen LogP contribution in [-0.4, -0.2) is 54.3 Å². The zero-order valence-corrected chi connectivity index (χ0v) is 34.0. The fourth-order valence-electron chi connectivity index (χ4n) is 9.12. The summed E-state index contributed by atoms with van der Waals surface area (Å²) in [6.07, 6.45) is 5.86. The molecule has 0 saturated heterocycles. The summed E-state index contributed by atoms with van der Waals surface area (Å²) in [4.78, 5) is 30.1. The number of hydrogen-bond acceptors (Lipinski definition) is 5. The molecule has 4 aromatic rings. The molecule has 8 nitrogen and oxygen atoms in total. The van der Waals surface area contributed by atoms with Gasteiger partial charge in [-0.2, -0.15) is 0 Å². The van der Waals surface area contributed by atoms with Crippen molar-refractivity contribution in [3.05, 3.63) is 77.1 Å². The minimum atomic E-state index is -2.67. The van der Waals surface area contributed by atoms with E-state index < -0.39 is 48.3 Å². The number of aromatic nitrogens is 4. The van der Waals surface area contributed by atoms with Gasteiger partial charge >= 0.3 is 0 Å². The number of carbonyl (C=O) groups is 1. The molecule has 3 aliphatic rings. The number of carbonyl (C=O) groups excluding carboxylic acids is 1. The molecule has 0 radical (unpaired) electrons. The number of imidazole rings is 1. The lowest BCUT2D eigenvalue weighted by Gasteiger charge is -2.47. The van der Waals surface area contributed by atoms with E-state index in [-0.39, 0.29) is 12.0 Å². The van der Waals surface area contributed by atoms with Crippen LogP contribution in [0.2, 0.25) is 16.6 Å². The van der Waals surface area contributed by atoms with E-state index >= 15 is 0 Å². The minimum absolute atomic E-state index is 0.234. The fraction of sp³-hybridized carbons (Fsp3) is 0.524. The van der Waals surface area contributed by atoms with Crippen molar-refractivity contribution in [3.63, 3.8) is 0 Å². The molecule has 274 valence electrons. The standard InChI is InChI=1S/C42H54N6O2SSi/c1-25(2)52(26(3)4,27(5)6)20-18-29-13-12-14-32-37(29)35-22-36(47(11)39(32)49)38-45-33-16-15-30(21-34(33)48(35)38)31-23-43-40(44-24-31)42(19-17-28(42)7)46-51(50)41(8,9)10/h12-16,21,23-28,35-36,46H,17,19,22H2,1-11H3/t28?,35-,36-,42?,51?/m1/s1/i11D3. The van der Waals surface area contributed by atoms with E-state index in [0.717, 1.165) is 51.0 Å². The number of benzene rings is 2. The molecule has 1 saturated carbocycles. The van der Waals surface area contributed by atoms with Crippen LogP contribution < -0.4 is 4.72 Å². The van der Waals surface area contributed by atoms with E-state index in [1.165, 1.54) is 0 Å². The zero-order chi connectivity index (χ0) is 40.0. The molecule has 4 heterocycles. The number of hydrogen-bond donors (Lipinski definition) is 1. The van der Waals surface area contributed by atoms with Gasteiger partial charge in [-0.1, -0.05) is 66.5 Å². The van der Waals surface area contributed by atoms with Crippen LogP contribution >= 0.6 is 0 Å². The number of nitrogens with one attached hydrogen (secondary N) is 1. The molecule has 1 amide bonds. The highest BCUT2D eigenvalue weighted by molar-refractivity contribution is 7.84. The molecule has 2 aromatic carbocycles. The fourth-order valence-corrected chi connectivity index (χ4v) is 15.4. The smallest absolute Gasteiger partial charge is 0.254 e. The third-order valence-electron chi connectivity index (χ3n) is 12.3. The van der Waals surface area contributed by atoms with E-state index in [9.17, 15) is 9.00 Å². The Hall–Kier alpha value is -3.65. The first-order valence-corrected chi connectivity index (χ1v) is 22.1. The maximum absolute atomic E-state index is 14.3. The lowest BCUT2D eigenvalue weighted by atomic mass is 9.67. The monoisotopic (exact) mass is 737 g/mol. The summed E-state index contributed by atoms with van der Waals surface area (Å²) in [5.41, 5.74) is 9.80. The largest absolute Gasteiger partial charge is 0.331 e. The van der Waals surface area contributed by atoms with Gasteiger partial charge in [-0.3, -0.25) is 4.79 Å². The van der Waals surface area contributed by atoms with Crippen molar-refractivity contribution in [2.24, 2.45) is 5.92 Å². The zero-order valence-electron chi connectivity index (χ0n) is 35.2. The highest BCUT2D eigenvalue weighted by Gasteiger charge is 2.50. The Morgan fingerprint density at radius 1 is 1.02 bits per heavy atom. The number of nitrogens with zero attached hydrogens (tertiary/aromatic N) is 5. The minimum Gasteiger partial charge on any atom is -0.331 e. The van der Waals surface area contributed by atoms with E-state index in [0.29, 0.717) is 40.3 Å². The van der Waals surface area contributed by atoms with Crippen molar-refractivity contribution in [1.82, 2.24) is 29.1 Å². The first kappa shape index (κ1) is 33.0. The topological polar surface area (TPSA) is 93.0 Å². The van der Waals surface area contributed by atoms with Crippen LogP contribution in [0.1, 0.15) is 138 Å². The lowest BCUT2D eigenvalue weighted by molar-refractivity contribution is 0.0734. The van der Waals surface area contributed by atoms with Gasteiger partial charge in [0.2, 0.25) is 0 Å². The second-order valence-corrected chi connectivity index (χ2v) is 24.6. The molecule has 52 heavy (non-hydrogen) atoms. The molecule has 1 fully saturated rings. The van der Waals surface area contributed by atoms with Crippen LogP contribution in [0.5, 0.6) is 0 Å². The third-order valence-corrected chi connectivity index (χ3v) is 20.2. The molecular formula is C42H54N6O2SSi. The van der Waals surface area contributed by atoms with Gasteiger partial charge in [0.15, 0.2) is 0 Å². The number of amides is 1. The van der Waals surface area contributed by atoms with Crippen LogP contribution in [-0.2, 0) is 16.5 Å². The number of rotatable bonds is 7. The lowest BCUT2D eigenvalue weighted by Crippen LogP contribution is -2.58. The Morgan fingerprint density at radius 3 is 2.29 bits per heavy atom. The van der Waals surface area contributed by atoms with Crippen molar-refractivity contribution >= 4 is 36.0 Å². The predicted molar refractivity (Wildman–Crippen MR) is 214 cm³/mol. The van der Waals surface area contributed by atoms with Gasteiger partial charge in [-0.25, -0.2) is 23.9 Å². The quantitative estimate of drug-likeness (QED) is 0.151. The van der Waals surface area contributed by atoms with Crippen molar-refractivity contribution in [2.45, 2.75) is 127 Å². The van der Waals surface area contributed by atoms with Crippen LogP contribution in [0.25, 0.3) is 22.2 Å². The van der Waals surface area contributed by atoms with E-state index in [1.807, 2.05) is 57.4 Å². The first-order valence-electron chi connectivity index (χ1n) is 20.3. The van der Waals surface area contributed by atoms with Crippen LogP contribution in [0.3, 0.4) is 0 Å². The van der Waals surface area contributed by atoms with Gasteiger partial charge in [0.1, 0.15) is 19.7 Å². The van der Waals surface area contributed by atoms with Crippen LogP contribution in [0.4, 0.5) is 0 Å². The molecule has 1 aliphatic carbocycles. The van der Waals surface area contributed by atoms with Crippen molar-refractivity contribution in [1.29, 1.82) is 0 Å². The van der Waals surface area contributed by atoms with Crippen LogP contribution in [0, 0.1) is 17.4 Å². The third kappa shape index (κ3) is 5.61. The predicted octanol–water partition coefficient (Wildman–Crippen LogP) is 8.86. The van der Waals surface area contributed by atoms with Gasteiger partial charge in [0.25, 0.3) is 5.91 Å². The van der Waals surface area contributed by atoms with Gasteiger partial charge in [0.05, 0.1) is 44.4 Å². The van der Waals surface area contributed by atoms with Gasteiger partial charge in [-0.05, 0) is 86.0 Å². The van der Waals surface area contributed by atoms with E-state index in [2.05, 4.69) is 75.3 Å². The Kier molecular flexibility index (Phi) is 8.26. The SMILES string of the molecule is [2H]C([2H])([2H])N1C(=O)c2cccc(C#C[Si](C(C)C)(C(C)C)C(C)C)c2[C@H]2C[C@@H]1c1nc3ccc(-c4cnc(C5(NS(=O)C(C)(C)C)CCC5C)nc4)cc3n12. The summed E-state index contributed by atoms with van der Waals surface area (Å²) >= 11 is 0. The molecule has 3 unspecified atom stereocenters. The average molecular weight is 738 g/mol. The van der Waals surface area contributed by atoms with Crippen molar-refractivity contribution in [2.75, 3.05) is 6.98 Å². The summed E-state index contributed by atoms with van der Waals surface area (Å²) in [6.45, 7) is 19.0. The summed E-state index contributed by atoms with van der Waals surface area (Å²) in [6, 6.07) is 10.5. The first-order chi connectivity index (χ1) is 25.7. The maximum atomic E-state index is 14.3. The Labute approximate surface area is 317 Å². The second-order valence-electron chi connectivity index (χ2n) is 17.1. The summed E-state index contributed by atoms with van der Waals surface area (Å²) in [5.74, 6) is 4.56. The molecule has 2 bridgehead atoms. The van der Waals surface area contributed by atoms with E-state index in [1.54, 1.807) is 6.07 Å². The molecule has 2 aliphatic heterocycles. The maximum Gasteiger partial charge on any atom is 0.254 e. The highest BCUT2D eigenvalue weighted by atomic mass is 32.2. The molecule has 1 N–H and O–H groups in total. The molecule has 10 heteroatoms. The normalized spacial score (nSPS) is 24.5. The van der Waals surface area contributed by atoms with Crippen molar-refractivity contribution in [3.8, 4) is 22.6 Å². The molecule has 0 spiro atoms. The highest BCUT2D eigenvalue weighted by Crippen LogP contribution is 2.49. The Bertz CT molecular complexity index is 2230. The average Bonchev–Trinajstić information content (AvgIpc) is 3.61. The Morgan fingerprint density at radius 2 is 1.71 bits per heavy atom. The number of fused-ring (bicyclic) bond motifs is 9. The molecular weight excluding hydrogens is 681 g/mol. The molecule has 7 rings (SSSR count). The van der Waals surface area contributed by atoms with Crippen molar-refractivity contribution < 1.29 is 13.1 Å². The second kappa shape index (κ2) is 13.0. The molecule has 5 atom stereocenters. The molecule has 2 aromatic heterocycles. The summed E-state index contributed by atoms with van der Waals surface area (Å²) in [5, 5.41) is 0. The summed E-state index contributed by atoms with van der Waals surface area (Å²) in [7, 11) is -3.41. The van der Waals surface area contributed by atoms with Gasteiger partial charge < -0.3 is 9.47 Å². The van der Waals surface area contributed by atoms with Gasteiger partial charge in [-0.15, -0.1) is 5.54 Å². The van der Waals surface area contributed by atoms with Crippen LogP contribution in [0.15, 0.2) is 48.8 Å². The Balaban J connectivity index is 1.35. The summed E-state index contributed by atoms with van der Waals surface area (Å²) < 4.78 is 43.9. The van der Waals surface area contributed by atoms with Gasteiger partial charge in [0, 0.05) is 52.2 Å².